The molecule has 1 N–H and O–H groups in total. The number of nitrogens with one attached hydrogen (secondary N) is 1. The third kappa shape index (κ3) is 3.19. The lowest BCUT2D eigenvalue weighted by molar-refractivity contribution is 0.838. The van der Waals surface area contributed by atoms with Crippen molar-refractivity contribution in [1.29, 1.82) is 0 Å². The summed E-state index contributed by atoms with van der Waals surface area (Å²) in [4.78, 5) is 4.36. The second-order valence-corrected chi connectivity index (χ2v) is 5.33. The zero-order valence-corrected chi connectivity index (χ0v) is 12.1. The normalized spacial score (nSPS) is 12.2. The van der Waals surface area contributed by atoms with Crippen molar-refractivity contribution in [1.82, 2.24) is 4.98 Å². The number of aryl methyl sites for hydroxylation is 1. The van der Waals surface area contributed by atoms with Crippen molar-refractivity contribution in [3.8, 4) is 0 Å². The van der Waals surface area contributed by atoms with Gasteiger partial charge in [-0.25, -0.2) is 0 Å². The number of hydrogen-bond donors (Lipinski definition) is 1. The maximum absolute atomic E-state index is 4.36. The van der Waals surface area contributed by atoms with Crippen LogP contribution >= 0.6 is 22.6 Å². The van der Waals surface area contributed by atoms with Gasteiger partial charge in [0.05, 0.1) is 11.7 Å². The Balaban J connectivity index is 2.16. The summed E-state index contributed by atoms with van der Waals surface area (Å²) in [5, 5.41) is 3.49. The van der Waals surface area contributed by atoms with E-state index in [0.29, 0.717) is 0 Å². The first-order chi connectivity index (χ1) is 8.16. The van der Waals surface area contributed by atoms with Gasteiger partial charge in [0.25, 0.3) is 0 Å². The quantitative estimate of drug-likeness (QED) is 0.850. The highest BCUT2D eigenvalue weighted by Gasteiger charge is 2.07. The first kappa shape index (κ1) is 12.4. The van der Waals surface area contributed by atoms with E-state index >= 15 is 0 Å². The van der Waals surface area contributed by atoms with Crippen LogP contribution in [0.5, 0.6) is 0 Å². The van der Waals surface area contributed by atoms with E-state index in [1.807, 2.05) is 24.4 Å². The summed E-state index contributed by atoms with van der Waals surface area (Å²) in [6.07, 6.45) is 1.83. The highest BCUT2D eigenvalue weighted by molar-refractivity contribution is 14.1. The van der Waals surface area contributed by atoms with E-state index in [2.05, 4.69) is 64.9 Å². The predicted molar refractivity (Wildman–Crippen MR) is 80.2 cm³/mol. The van der Waals surface area contributed by atoms with Gasteiger partial charge in [0.2, 0.25) is 0 Å². The Morgan fingerprint density at radius 2 is 2.06 bits per heavy atom. The number of pyridine rings is 1. The van der Waals surface area contributed by atoms with Crippen LogP contribution in [0.4, 0.5) is 5.69 Å². The molecule has 17 heavy (non-hydrogen) atoms. The van der Waals surface area contributed by atoms with Gasteiger partial charge in [-0.2, -0.15) is 0 Å². The maximum atomic E-state index is 4.36. The molecule has 0 fully saturated rings. The Hall–Kier alpha value is -1.10. The fourth-order valence-corrected chi connectivity index (χ4v) is 2.38. The van der Waals surface area contributed by atoms with Crippen molar-refractivity contribution in [3.63, 3.8) is 0 Å². The van der Waals surface area contributed by atoms with Gasteiger partial charge >= 0.3 is 0 Å². The fourth-order valence-electron chi connectivity index (χ4n) is 1.73. The molecule has 1 aromatic heterocycles. The van der Waals surface area contributed by atoms with Crippen molar-refractivity contribution in [2.24, 2.45) is 0 Å². The lowest BCUT2D eigenvalue weighted by Gasteiger charge is -2.16. The highest BCUT2D eigenvalue weighted by atomic mass is 127. The highest BCUT2D eigenvalue weighted by Crippen LogP contribution is 2.22. The minimum Gasteiger partial charge on any atom is -0.377 e. The molecule has 0 radical (unpaired) electrons. The van der Waals surface area contributed by atoms with Crippen molar-refractivity contribution < 1.29 is 0 Å². The van der Waals surface area contributed by atoms with E-state index in [1.54, 1.807) is 0 Å². The second kappa shape index (κ2) is 5.49. The SMILES string of the molecule is Cc1cc(I)ccc1NC(C)c1ccccn1. The molecule has 0 aliphatic heterocycles. The second-order valence-electron chi connectivity index (χ2n) is 4.08. The van der Waals surface area contributed by atoms with Gasteiger partial charge in [0, 0.05) is 15.5 Å². The van der Waals surface area contributed by atoms with E-state index in [0.717, 1.165) is 5.69 Å². The Kier molecular flexibility index (Phi) is 3.99. The van der Waals surface area contributed by atoms with Crippen LogP contribution < -0.4 is 5.32 Å². The number of nitrogens with zero attached hydrogens (tertiary/aromatic N) is 1. The zero-order valence-electron chi connectivity index (χ0n) is 9.94. The van der Waals surface area contributed by atoms with E-state index < -0.39 is 0 Å². The third-order valence-corrected chi connectivity index (χ3v) is 3.36. The lowest BCUT2D eigenvalue weighted by atomic mass is 10.1. The van der Waals surface area contributed by atoms with Crippen LogP contribution in [0.3, 0.4) is 0 Å². The van der Waals surface area contributed by atoms with Crippen LogP contribution in [0, 0.1) is 10.5 Å². The van der Waals surface area contributed by atoms with Gasteiger partial charge in [-0.1, -0.05) is 6.07 Å². The van der Waals surface area contributed by atoms with Crippen molar-refractivity contribution >= 4 is 28.3 Å². The molecule has 1 atom stereocenters. The minimum absolute atomic E-state index is 0.218. The van der Waals surface area contributed by atoms with Gasteiger partial charge < -0.3 is 5.32 Å². The largest absolute Gasteiger partial charge is 0.377 e. The lowest BCUT2D eigenvalue weighted by Crippen LogP contribution is -2.09. The smallest absolute Gasteiger partial charge is 0.0657 e. The molecular weight excluding hydrogens is 323 g/mol. The average Bonchev–Trinajstić information content (AvgIpc) is 2.34. The molecule has 1 unspecified atom stereocenters. The molecule has 0 saturated carbocycles. The Morgan fingerprint density at radius 1 is 1.24 bits per heavy atom. The number of aromatic nitrogens is 1. The molecular formula is C14H15IN2. The molecule has 0 amide bonds. The van der Waals surface area contributed by atoms with Gasteiger partial charge in [-0.3, -0.25) is 4.98 Å². The van der Waals surface area contributed by atoms with Gasteiger partial charge in [-0.05, 0) is 72.3 Å². The van der Waals surface area contributed by atoms with E-state index in [1.165, 1.54) is 14.8 Å². The maximum Gasteiger partial charge on any atom is 0.0657 e. The molecule has 2 rings (SSSR count). The number of halogens is 1. The number of hydrogen-bond acceptors (Lipinski definition) is 2. The summed E-state index contributed by atoms with van der Waals surface area (Å²) in [7, 11) is 0. The van der Waals surface area contributed by atoms with Crippen LogP contribution in [-0.2, 0) is 0 Å². The number of benzene rings is 1. The monoisotopic (exact) mass is 338 g/mol. The predicted octanol–water partition coefficient (Wildman–Crippen LogP) is 4.17. The van der Waals surface area contributed by atoms with Crippen LogP contribution in [0.2, 0.25) is 0 Å². The third-order valence-electron chi connectivity index (χ3n) is 2.69. The molecule has 0 aliphatic rings. The zero-order chi connectivity index (χ0) is 12.3. The molecule has 2 nitrogen and oxygen atoms in total. The first-order valence-corrected chi connectivity index (χ1v) is 6.68. The van der Waals surface area contributed by atoms with Gasteiger partial charge in [0.15, 0.2) is 0 Å². The summed E-state index contributed by atoms with van der Waals surface area (Å²) in [6, 6.07) is 12.6. The van der Waals surface area contributed by atoms with Crippen molar-refractivity contribution in [3.05, 3.63) is 57.4 Å². The number of anilines is 1. The summed E-state index contributed by atoms with van der Waals surface area (Å²) in [5.74, 6) is 0. The molecule has 0 saturated heterocycles. The molecule has 0 spiro atoms. The molecule has 1 heterocycles. The van der Waals surface area contributed by atoms with Crippen LogP contribution in [0.1, 0.15) is 24.2 Å². The molecule has 3 heteroatoms. The van der Waals surface area contributed by atoms with Gasteiger partial charge in [-0.15, -0.1) is 0 Å². The fraction of sp³-hybridized carbons (Fsp3) is 0.214. The first-order valence-electron chi connectivity index (χ1n) is 5.60. The van der Waals surface area contributed by atoms with Crippen molar-refractivity contribution in [2.75, 3.05) is 5.32 Å². The van der Waals surface area contributed by atoms with Crippen LogP contribution in [0.15, 0.2) is 42.6 Å². The number of rotatable bonds is 3. The summed E-state index contributed by atoms with van der Waals surface area (Å²) < 4.78 is 1.26. The topological polar surface area (TPSA) is 24.9 Å². The summed E-state index contributed by atoms with van der Waals surface area (Å²) >= 11 is 2.33. The summed E-state index contributed by atoms with van der Waals surface area (Å²) in [5.41, 5.74) is 3.49. The standard InChI is InChI=1S/C14H15IN2/c1-10-9-12(15)6-7-13(10)17-11(2)14-5-3-4-8-16-14/h3-9,11,17H,1-2H3. The molecule has 88 valence electrons. The van der Waals surface area contributed by atoms with E-state index in [9.17, 15) is 0 Å². The molecule has 0 aliphatic carbocycles. The Bertz CT molecular complexity index is 497. The van der Waals surface area contributed by atoms with E-state index in [-0.39, 0.29) is 6.04 Å². The molecule has 1 aromatic carbocycles. The van der Waals surface area contributed by atoms with Crippen LogP contribution in [-0.4, -0.2) is 4.98 Å². The molecule has 0 bridgehead atoms. The van der Waals surface area contributed by atoms with E-state index in [4.69, 9.17) is 0 Å². The molecule has 2 aromatic rings. The average molecular weight is 338 g/mol. The minimum atomic E-state index is 0.218. The summed E-state index contributed by atoms with van der Waals surface area (Å²) in [6.45, 7) is 4.25. The van der Waals surface area contributed by atoms with Gasteiger partial charge in [0.1, 0.15) is 0 Å². The Labute approximate surface area is 116 Å². The van der Waals surface area contributed by atoms with Crippen LogP contribution in [0.25, 0.3) is 0 Å². The Morgan fingerprint density at radius 3 is 2.71 bits per heavy atom. The van der Waals surface area contributed by atoms with Crippen molar-refractivity contribution in [2.45, 2.75) is 19.9 Å².